The number of benzene rings is 1. The van der Waals surface area contributed by atoms with Gasteiger partial charge in [0, 0.05) is 15.7 Å². The number of carbonyl (C=O) groups is 2. The van der Waals surface area contributed by atoms with E-state index in [0.29, 0.717) is 6.41 Å². The molecule has 2 N–H and O–H groups in total. The fourth-order valence-corrected chi connectivity index (χ4v) is 1.84. The highest BCUT2D eigenvalue weighted by Gasteiger charge is 2.19. The van der Waals surface area contributed by atoms with Gasteiger partial charge in [0.05, 0.1) is 16.2 Å². The molecule has 0 aliphatic rings. The summed E-state index contributed by atoms with van der Waals surface area (Å²) in [5.74, 6) is -1.34. The van der Waals surface area contributed by atoms with E-state index >= 15 is 0 Å². The molecule has 16 heavy (non-hydrogen) atoms. The molecule has 0 spiro atoms. The zero-order valence-corrected chi connectivity index (χ0v) is 9.79. The average molecular weight is 336 g/mol. The summed E-state index contributed by atoms with van der Waals surface area (Å²) in [4.78, 5) is 30.9. The SMILES string of the molecule is O=CNc1c(I)cc([N+](=O)[O-])cc1C(=O)O. The quantitative estimate of drug-likeness (QED) is 0.374. The third-order valence-corrected chi connectivity index (χ3v) is 2.57. The third kappa shape index (κ3) is 2.45. The van der Waals surface area contributed by atoms with Gasteiger partial charge in [0.1, 0.15) is 0 Å². The van der Waals surface area contributed by atoms with Gasteiger partial charge in [0.15, 0.2) is 0 Å². The van der Waals surface area contributed by atoms with E-state index in [2.05, 4.69) is 5.32 Å². The largest absolute Gasteiger partial charge is 0.478 e. The number of carbonyl (C=O) groups excluding carboxylic acids is 1. The van der Waals surface area contributed by atoms with Crippen molar-refractivity contribution in [3.05, 3.63) is 31.4 Å². The molecule has 0 heterocycles. The Balaban J connectivity index is 3.44. The molecular formula is C8H5IN2O5. The van der Waals surface area contributed by atoms with Gasteiger partial charge in [-0.2, -0.15) is 0 Å². The van der Waals surface area contributed by atoms with E-state index in [1.54, 1.807) is 22.6 Å². The number of halogens is 1. The van der Waals surface area contributed by atoms with Crippen molar-refractivity contribution >= 4 is 46.3 Å². The van der Waals surface area contributed by atoms with E-state index in [9.17, 15) is 19.7 Å². The molecule has 1 aromatic rings. The first-order valence-electron chi connectivity index (χ1n) is 3.88. The first kappa shape index (κ1) is 12.4. The first-order chi connectivity index (χ1) is 7.47. The van der Waals surface area contributed by atoms with Crippen LogP contribution >= 0.6 is 22.6 Å². The number of carboxylic acid groups (broad SMARTS) is 1. The predicted molar refractivity (Wildman–Crippen MR) is 62.5 cm³/mol. The van der Waals surface area contributed by atoms with Gasteiger partial charge in [-0.3, -0.25) is 14.9 Å². The molecule has 0 atom stereocenters. The molecule has 0 saturated carbocycles. The van der Waals surface area contributed by atoms with Gasteiger partial charge in [0.2, 0.25) is 6.41 Å². The van der Waals surface area contributed by atoms with Crippen LogP contribution < -0.4 is 5.32 Å². The van der Waals surface area contributed by atoms with E-state index < -0.39 is 10.9 Å². The molecular weight excluding hydrogens is 331 g/mol. The number of carboxylic acids is 1. The maximum absolute atomic E-state index is 10.8. The van der Waals surface area contributed by atoms with E-state index in [-0.39, 0.29) is 20.5 Å². The number of nitrogens with zero attached hydrogens (tertiary/aromatic N) is 1. The molecule has 0 fully saturated rings. The minimum atomic E-state index is -1.34. The number of amides is 1. The molecule has 0 aliphatic heterocycles. The third-order valence-electron chi connectivity index (χ3n) is 1.72. The molecule has 0 bridgehead atoms. The van der Waals surface area contributed by atoms with Crippen LogP contribution in [-0.4, -0.2) is 22.4 Å². The normalized spacial score (nSPS) is 9.56. The van der Waals surface area contributed by atoms with Crippen molar-refractivity contribution in [3.63, 3.8) is 0 Å². The molecule has 1 aromatic carbocycles. The zero-order valence-electron chi connectivity index (χ0n) is 7.64. The Morgan fingerprint density at radius 3 is 2.62 bits per heavy atom. The maximum Gasteiger partial charge on any atom is 0.338 e. The Bertz CT molecular complexity index is 474. The van der Waals surface area contributed by atoms with Gasteiger partial charge in [0.25, 0.3) is 5.69 Å². The fourth-order valence-electron chi connectivity index (χ4n) is 1.07. The van der Waals surface area contributed by atoms with Crippen molar-refractivity contribution in [2.24, 2.45) is 0 Å². The van der Waals surface area contributed by atoms with Crippen molar-refractivity contribution in [2.45, 2.75) is 0 Å². The number of hydrogen-bond donors (Lipinski definition) is 2. The highest BCUT2D eigenvalue weighted by Crippen LogP contribution is 2.28. The monoisotopic (exact) mass is 336 g/mol. The van der Waals surface area contributed by atoms with Gasteiger partial charge in [-0.1, -0.05) is 0 Å². The number of anilines is 1. The number of hydrogen-bond acceptors (Lipinski definition) is 4. The first-order valence-corrected chi connectivity index (χ1v) is 4.96. The van der Waals surface area contributed by atoms with Gasteiger partial charge in [-0.25, -0.2) is 4.79 Å². The molecule has 1 amide bonds. The van der Waals surface area contributed by atoms with E-state index in [4.69, 9.17) is 5.11 Å². The summed E-state index contributed by atoms with van der Waals surface area (Å²) in [7, 11) is 0. The number of nitrogens with one attached hydrogen (secondary N) is 1. The lowest BCUT2D eigenvalue weighted by molar-refractivity contribution is -0.385. The van der Waals surface area contributed by atoms with Gasteiger partial charge >= 0.3 is 5.97 Å². The number of aromatic carboxylic acids is 1. The Morgan fingerprint density at radius 2 is 2.19 bits per heavy atom. The lowest BCUT2D eigenvalue weighted by atomic mass is 10.1. The van der Waals surface area contributed by atoms with Crippen LogP contribution in [0, 0.1) is 13.7 Å². The van der Waals surface area contributed by atoms with Crippen molar-refractivity contribution in [1.82, 2.24) is 0 Å². The van der Waals surface area contributed by atoms with E-state index in [1.165, 1.54) is 6.07 Å². The molecule has 0 saturated heterocycles. The summed E-state index contributed by atoms with van der Waals surface area (Å²) < 4.78 is 0.288. The van der Waals surface area contributed by atoms with Crippen LogP contribution in [0.1, 0.15) is 10.4 Å². The second-order valence-corrected chi connectivity index (χ2v) is 3.84. The fraction of sp³-hybridized carbons (Fsp3) is 0. The Labute approximate surface area is 103 Å². The molecule has 7 nitrogen and oxygen atoms in total. The van der Waals surface area contributed by atoms with Crippen molar-refractivity contribution < 1.29 is 19.6 Å². The molecule has 0 aliphatic carbocycles. The summed E-state index contributed by atoms with van der Waals surface area (Å²) in [5.41, 5.74) is -0.599. The highest BCUT2D eigenvalue weighted by molar-refractivity contribution is 14.1. The minimum Gasteiger partial charge on any atom is -0.478 e. The molecule has 84 valence electrons. The van der Waals surface area contributed by atoms with Crippen LogP contribution in [0.4, 0.5) is 11.4 Å². The number of nitro groups is 1. The average Bonchev–Trinajstić information content (AvgIpc) is 2.20. The number of nitro benzene ring substituents is 1. The summed E-state index contributed by atoms with van der Waals surface area (Å²) >= 11 is 1.71. The maximum atomic E-state index is 10.8. The van der Waals surface area contributed by atoms with Crippen LogP contribution in [0.2, 0.25) is 0 Å². The van der Waals surface area contributed by atoms with Crippen LogP contribution in [0.3, 0.4) is 0 Å². The minimum absolute atomic E-state index is 0.0497. The summed E-state index contributed by atoms with van der Waals surface area (Å²) in [5, 5.41) is 21.6. The second-order valence-electron chi connectivity index (χ2n) is 2.67. The lowest BCUT2D eigenvalue weighted by Crippen LogP contribution is -2.07. The summed E-state index contributed by atoms with van der Waals surface area (Å²) in [6.45, 7) is 0. The summed E-state index contributed by atoms with van der Waals surface area (Å²) in [6.07, 6.45) is 0.315. The topological polar surface area (TPSA) is 110 Å². The molecule has 0 aromatic heterocycles. The van der Waals surface area contributed by atoms with Crippen LogP contribution in [0.15, 0.2) is 12.1 Å². The molecule has 0 unspecified atom stereocenters. The standard InChI is InChI=1S/C8H5IN2O5/c9-6-2-4(11(15)16)1-5(8(13)14)7(6)10-3-12/h1-3H,(H,10,12)(H,13,14). The van der Waals surface area contributed by atoms with Gasteiger partial charge in [-0.05, 0) is 22.6 Å². The van der Waals surface area contributed by atoms with E-state index in [0.717, 1.165) is 6.07 Å². The number of rotatable bonds is 4. The van der Waals surface area contributed by atoms with Crippen molar-refractivity contribution in [2.75, 3.05) is 5.32 Å². The molecule has 8 heteroatoms. The van der Waals surface area contributed by atoms with Crippen LogP contribution in [-0.2, 0) is 4.79 Å². The highest BCUT2D eigenvalue weighted by atomic mass is 127. The smallest absolute Gasteiger partial charge is 0.338 e. The number of non-ortho nitro benzene ring substituents is 1. The second kappa shape index (κ2) is 4.88. The van der Waals surface area contributed by atoms with Crippen LogP contribution in [0.5, 0.6) is 0 Å². The molecule has 1 rings (SSSR count). The van der Waals surface area contributed by atoms with Gasteiger partial charge in [-0.15, -0.1) is 0 Å². The predicted octanol–water partition coefficient (Wildman–Crippen LogP) is 1.47. The van der Waals surface area contributed by atoms with E-state index in [1.807, 2.05) is 0 Å². The zero-order chi connectivity index (χ0) is 12.3. The summed E-state index contributed by atoms with van der Waals surface area (Å²) in [6, 6.07) is 2.08. The Hall–Kier alpha value is -1.71. The lowest BCUT2D eigenvalue weighted by Gasteiger charge is -2.06. The Kier molecular flexibility index (Phi) is 3.77. The van der Waals surface area contributed by atoms with Gasteiger partial charge < -0.3 is 10.4 Å². The molecule has 0 radical (unpaired) electrons. The Morgan fingerprint density at radius 1 is 1.56 bits per heavy atom. The van der Waals surface area contributed by atoms with Crippen molar-refractivity contribution in [3.8, 4) is 0 Å². The van der Waals surface area contributed by atoms with Crippen molar-refractivity contribution in [1.29, 1.82) is 0 Å². The van der Waals surface area contributed by atoms with Crippen LogP contribution in [0.25, 0.3) is 0 Å².